The lowest BCUT2D eigenvalue weighted by Gasteiger charge is -2.21. The Labute approximate surface area is 170 Å². The van der Waals surface area contributed by atoms with E-state index in [1.165, 1.54) is 0 Å². The van der Waals surface area contributed by atoms with Gasteiger partial charge in [0.05, 0.1) is 28.4 Å². The largest absolute Gasteiger partial charge is 0.493 e. The minimum Gasteiger partial charge on any atom is -0.493 e. The van der Waals surface area contributed by atoms with Gasteiger partial charge in [-0.2, -0.15) is 0 Å². The second-order valence-electron chi connectivity index (χ2n) is 6.58. The smallest absolute Gasteiger partial charge is 0.254 e. The highest BCUT2D eigenvalue weighted by Gasteiger charge is 2.21. The molecule has 29 heavy (non-hydrogen) atoms. The van der Waals surface area contributed by atoms with Gasteiger partial charge in [-0.1, -0.05) is 0 Å². The number of ether oxygens (including phenoxy) is 4. The standard InChI is InChI=1S/C23H27NO5/c1-7-24(8-2)23(25)18-9-14-10-19(26-3)20(27-4)11-15(14)16-12-21(28-5)22(29-6)13-17(16)18/h9-13H,7-8H2,1-6H3. The normalized spacial score (nSPS) is 10.8. The van der Waals surface area contributed by atoms with Gasteiger partial charge in [-0.05, 0) is 65.7 Å². The van der Waals surface area contributed by atoms with Crippen LogP contribution < -0.4 is 18.9 Å². The van der Waals surface area contributed by atoms with Gasteiger partial charge in [0.15, 0.2) is 23.0 Å². The number of amides is 1. The van der Waals surface area contributed by atoms with E-state index in [1.807, 2.05) is 44.2 Å². The van der Waals surface area contributed by atoms with Crippen LogP contribution in [-0.2, 0) is 0 Å². The first-order valence-electron chi connectivity index (χ1n) is 9.56. The summed E-state index contributed by atoms with van der Waals surface area (Å²) in [5.74, 6) is 2.39. The Hall–Kier alpha value is -3.15. The quantitative estimate of drug-likeness (QED) is 0.549. The molecule has 3 aromatic carbocycles. The van der Waals surface area contributed by atoms with E-state index in [9.17, 15) is 4.79 Å². The highest BCUT2D eigenvalue weighted by atomic mass is 16.5. The lowest BCUT2D eigenvalue weighted by atomic mass is 9.95. The molecule has 154 valence electrons. The Morgan fingerprint density at radius 2 is 1.14 bits per heavy atom. The number of rotatable bonds is 7. The van der Waals surface area contributed by atoms with Crippen LogP contribution in [0, 0.1) is 0 Å². The minimum atomic E-state index is -0.0242. The van der Waals surface area contributed by atoms with Crippen LogP contribution in [0.25, 0.3) is 21.5 Å². The predicted octanol–water partition coefficient (Wildman–Crippen LogP) is 4.51. The van der Waals surface area contributed by atoms with Crippen molar-refractivity contribution in [1.29, 1.82) is 0 Å². The van der Waals surface area contributed by atoms with E-state index in [0.717, 1.165) is 21.5 Å². The average Bonchev–Trinajstić information content (AvgIpc) is 2.77. The highest BCUT2D eigenvalue weighted by Crippen LogP contribution is 2.41. The summed E-state index contributed by atoms with van der Waals surface area (Å²) in [5, 5.41) is 3.52. The summed E-state index contributed by atoms with van der Waals surface area (Å²) in [6, 6.07) is 9.49. The summed E-state index contributed by atoms with van der Waals surface area (Å²) in [6.45, 7) is 5.21. The summed E-state index contributed by atoms with van der Waals surface area (Å²) < 4.78 is 22.0. The maximum absolute atomic E-state index is 13.3. The third kappa shape index (κ3) is 3.50. The van der Waals surface area contributed by atoms with Crippen molar-refractivity contribution in [3.8, 4) is 23.0 Å². The molecule has 0 atom stereocenters. The molecule has 0 aromatic heterocycles. The molecule has 3 rings (SSSR count). The third-order valence-corrected chi connectivity index (χ3v) is 5.24. The molecule has 0 heterocycles. The van der Waals surface area contributed by atoms with Gasteiger partial charge in [0, 0.05) is 18.7 Å². The van der Waals surface area contributed by atoms with Crippen molar-refractivity contribution in [3.05, 3.63) is 35.9 Å². The van der Waals surface area contributed by atoms with Crippen LogP contribution in [0.5, 0.6) is 23.0 Å². The number of methoxy groups -OCH3 is 4. The van der Waals surface area contributed by atoms with Gasteiger partial charge < -0.3 is 23.8 Å². The molecule has 0 unspecified atom stereocenters. The van der Waals surface area contributed by atoms with Crippen molar-refractivity contribution in [2.24, 2.45) is 0 Å². The second-order valence-corrected chi connectivity index (χ2v) is 6.58. The van der Waals surface area contributed by atoms with Crippen molar-refractivity contribution in [3.63, 3.8) is 0 Å². The van der Waals surface area contributed by atoms with Gasteiger partial charge in [0.25, 0.3) is 5.91 Å². The summed E-state index contributed by atoms with van der Waals surface area (Å²) >= 11 is 0. The number of hydrogen-bond donors (Lipinski definition) is 0. The topological polar surface area (TPSA) is 57.2 Å². The first-order valence-corrected chi connectivity index (χ1v) is 9.56. The zero-order valence-electron chi connectivity index (χ0n) is 17.8. The SMILES string of the molecule is CCN(CC)C(=O)c1cc2cc(OC)c(OC)cc2c2cc(OC)c(OC)cc12. The number of hydrogen-bond acceptors (Lipinski definition) is 5. The molecular weight excluding hydrogens is 370 g/mol. The summed E-state index contributed by atoms with van der Waals surface area (Å²) in [6.07, 6.45) is 0. The molecule has 0 saturated carbocycles. The lowest BCUT2D eigenvalue weighted by Crippen LogP contribution is -2.30. The van der Waals surface area contributed by atoms with E-state index in [2.05, 4.69) is 0 Å². The fraction of sp³-hybridized carbons (Fsp3) is 0.348. The van der Waals surface area contributed by atoms with Crippen LogP contribution in [0.1, 0.15) is 24.2 Å². The van der Waals surface area contributed by atoms with E-state index in [1.54, 1.807) is 33.3 Å². The number of carbonyl (C=O) groups excluding carboxylic acids is 1. The van der Waals surface area contributed by atoms with Crippen molar-refractivity contribution in [2.45, 2.75) is 13.8 Å². The number of fused-ring (bicyclic) bond motifs is 3. The number of carbonyl (C=O) groups is 1. The van der Waals surface area contributed by atoms with Crippen LogP contribution in [0.15, 0.2) is 30.3 Å². The van der Waals surface area contributed by atoms with Crippen molar-refractivity contribution in [1.82, 2.24) is 4.90 Å². The Kier molecular flexibility index (Phi) is 6.01. The fourth-order valence-electron chi connectivity index (χ4n) is 3.66. The Bertz CT molecular complexity index is 1060. The van der Waals surface area contributed by atoms with E-state index in [4.69, 9.17) is 18.9 Å². The first-order chi connectivity index (χ1) is 14.0. The molecule has 1 amide bonds. The van der Waals surface area contributed by atoms with Crippen LogP contribution in [-0.4, -0.2) is 52.3 Å². The van der Waals surface area contributed by atoms with Crippen LogP contribution in [0.4, 0.5) is 0 Å². The van der Waals surface area contributed by atoms with Gasteiger partial charge in [0.2, 0.25) is 0 Å². The molecule has 6 heteroatoms. The molecule has 0 aliphatic carbocycles. The second kappa shape index (κ2) is 8.47. The molecule has 6 nitrogen and oxygen atoms in total. The molecule has 0 aliphatic heterocycles. The van der Waals surface area contributed by atoms with E-state index < -0.39 is 0 Å². The summed E-state index contributed by atoms with van der Waals surface area (Å²) in [4.78, 5) is 15.1. The maximum atomic E-state index is 13.3. The molecule has 0 aliphatic rings. The van der Waals surface area contributed by atoms with Crippen LogP contribution in [0.2, 0.25) is 0 Å². The zero-order valence-corrected chi connectivity index (χ0v) is 17.8. The Balaban J connectivity index is 2.46. The first kappa shape index (κ1) is 20.6. The number of benzene rings is 3. The monoisotopic (exact) mass is 397 g/mol. The Morgan fingerprint density at radius 1 is 0.690 bits per heavy atom. The van der Waals surface area contributed by atoms with Crippen LogP contribution >= 0.6 is 0 Å². The van der Waals surface area contributed by atoms with E-state index in [-0.39, 0.29) is 5.91 Å². The van der Waals surface area contributed by atoms with Gasteiger partial charge in [-0.15, -0.1) is 0 Å². The van der Waals surface area contributed by atoms with Gasteiger partial charge in [0.1, 0.15) is 0 Å². The molecule has 0 bridgehead atoms. The molecule has 3 aromatic rings. The Morgan fingerprint density at radius 3 is 1.62 bits per heavy atom. The molecule has 0 saturated heterocycles. The highest BCUT2D eigenvalue weighted by molar-refractivity contribution is 6.18. The molecular formula is C23H27NO5. The summed E-state index contributed by atoms with van der Waals surface area (Å²) in [7, 11) is 6.39. The number of nitrogens with zero attached hydrogens (tertiary/aromatic N) is 1. The average molecular weight is 397 g/mol. The van der Waals surface area contributed by atoms with Crippen molar-refractivity contribution < 1.29 is 23.7 Å². The van der Waals surface area contributed by atoms with Crippen molar-refractivity contribution >= 4 is 27.5 Å². The van der Waals surface area contributed by atoms with Gasteiger partial charge >= 0.3 is 0 Å². The van der Waals surface area contributed by atoms with E-state index >= 15 is 0 Å². The summed E-state index contributed by atoms with van der Waals surface area (Å²) in [5.41, 5.74) is 0.615. The fourth-order valence-corrected chi connectivity index (χ4v) is 3.66. The third-order valence-electron chi connectivity index (χ3n) is 5.24. The molecule has 0 spiro atoms. The minimum absolute atomic E-state index is 0.0242. The molecule has 0 N–H and O–H groups in total. The van der Waals surface area contributed by atoms with Crippen molar-refractivity contribution in [2.75, 3.05) is 41.5 Å². The predicted molar refractivity (Wildman–Crippen MR) is 115 cm³/mol. The molecule has 0 radical (unpaired) electrons. The van der Waals surface area contributed by atoms with Gasteiger partial charge in [-0.3, -0.25) is 4.79 Å². The lowest BCUT2D eigenvalue weighted by molar-refractivity contribution is 0.0775. The zero-order chi connectivity index (χ0) is 21.1. The van der Waals surface area contributed by atoms with E-state index in [0.29, 0.717) is 41.7 Å². The van der Waals surface area contributed by atoms with Gasteiger partial charge in [-0.25, -0.2) is 0 Å². The maximum Gasteiger partial charge on any atom is 0.254 e. The van der Waals surface area contributed by atoms with Crippen LogP contribution in [0.3, 0.4) is 0 Å². The molecule has 0 fully saturated rings.